The largest absolute Gasteiger partial charge is 0.338 e. The highest BCUT2D eigenvalue weighted by atomic mass is 32.2. The number of rotatable bonds is 5. The quantitative estimate of drug-likeness (QED) is 0.704. The first-order valence-corrected chi connectivity index (χ1v) is 9.31. The summed E-state index contributed by atoms with van der Waals surface area (Å²) in [6, 6.07) is 14.1. The van der Waals surface area contributed by atoms with Gasteiger partial charge in [0, 0.05) is 5.56 Å². The first-order valence-electron chi connectivity index (χ1n) is 7.48. The Morgan fingerprint density at radius 3 is 2.92 bits per heavy atom. The van der Waals surface area contributed by atoms with Gasteiger partial charge >= 0.3 is 0 Å². The van der Waals surface area contributed by atoms with Crippen molar-refractivity contribution in [2.75, 3.05) is 0 Å². The Balaban J connectivity index is 1.37. The van der Waals surface area contributed by atoms with Crippen LogP contribution in [0.2, 0.25) is 0 Å². The Hall–Kier alpha value is -2.16. The van der Waals surface area contributed by atoms with E-state index >= 15 is 0 Å². The summed E-state index contributed by atoms with van der Waals surface area (Å²) in [5.74, 6) is 1.80. The van der Waals surface area contributed by atoms with Gasteiger partial charge in [0.25, 0.3) is 0 Å². The molecule has 0 amide bonds. The van der Waals surface area contributed by atoms with Crippen molar-refractivity contribution in [1.82, 2.24) is 20.1 Å². The van der Waals surface area contributed by atoms with Crippen LogP contribution in [0.5, 0.6) is 0 Å². The van der Waals surface area contributed by atoms with E-state index in [2.05, 4.69) is 39.1 Å². The van der Waals surface area contributed by atoms with Crippen LogP contribution in [0.25, 0.3) is 11.4 Å². The molecule has 0 spiro atoms. The molecule has 0 fully saturated rings. The minimum Gasteiger partial charge on any atom is -0.338 e. The molecule has 1 aromatic carbocycles. The molecule has 2 aromatic heterocycles. The van der Waals surface area contributed by atoms with Gasteiger partial charge in [0.2, 0.25) is 11.7 Å². The van der Waals surface area contributed by atoms with Gasteiger partial charge in [0.05, 0.1) is 22.4 Å². The van der Waals surface area contributed by atoms with Crippen LogP contribution in [0.1, 0.15) is 17.7 Å². The van der Waals surface area contributed by atoms with Crippen molar-refractivity contribution in [3.8, 4) is 11.4 Å². The van der Waals surface area contributed by atoms with E-state index in [0.29, 0.717) is 17.5 Å². The fourth-order valence-electron chi connectivity index (χ4n) is 2.36. The lowest BCUT2D eigenvalue weighted by molar-refractivity contribution is 0.368. The van der Waals surface area contributed by atoms with Gasteiger partial charge < -0.3 is 4.52 Å². The summed E-state index contributed by atoms with van der Waals surface area (Å²) in [6.07, 6.45) is 0. The molecule has 1 aliphatic rings. The van der Waals surface area contributed by atoms with Crippen LogP contribution < -0.4 is 5.53 Å². The second-order valence-electron chi connectivity index (χ2n) is 5.23. The molecular weight excluding hydrogens is 342 g/mol. The van der Waals surface area contributed by atoms with Crippen LogP contribution in [-0.4, -0.2) is 26.3 Å². The van der Waals surface area contributed by atoms with Crippen LogP contribution in [0, 0.1) is 0 Å². The normalized spacial score (nSPS) is 17.7. The number of hydrogen-bond donors (Lipinski definition) is 1. The Morgan fingerprint density at radius 1 is 1.25 bits per heavy atom. The molecule has 8 heteroatoms. The highest BCUT2D eigenvalue weighted by Gasteiger charge is 2.28. The van der Waals surface area contributed by atoms with Gasteiger partial charge in [-0.05, 0) is 30.3 Å². The molecule has 1 unspecified atom stereocenters. The zero-order valence-electron chi connectivity index (χ0n) is 12.9. The number of hydrogen-bond acceptors (Lipinski definition) is 8. The third-order valence-electron chi connectivity index (χ3n) is 3.62. The molecule has 0 radical (unpaired) electrons. The van der Waals surface area contributed by atoms with Gasteiger partial charge in [-0.15, -0.1) is 15.8 Å². The van der Waals surface area contributed by atoms with Crippen LogP contribution in [-0.2, 0) is 5.75 Å². The maximum absolute atomic E-state index is 5.34. The van der Waals surface area contributed by atoms with E-state index in [4.69, 9.17) is 4.52 Å². The van der Waals surface area contributed by atoms with E-state index in [1.807, 2.05) is 40.8 Å². The van der Waals surface area contributed by atoms with Crippen LogP contribution in [0.15, 0.2) is 57.5 Å². The second-order valence-corrected chi connectivity index (χ2v) is 7.12. The SMILES string of the molecule is CC1C(c2cccs2)=NNN1SCc1nc(-c2ccccc2)no1. The highest BCUT2D eigenvalue weighted by Crippen LogP contribution is 2.25. The number of aromatic nitrogens is 2. The molecular formula is C16H15N5OS2. The molecule has 6 nitrogen and oxygen atoms in total. The van der Waals surface area contributed by atoms with E-state index in [-0.39, 0.29) is 6.04 Å². The summed E-state index contributed by atoms with van der Waals surface area (Å²) in [5, 5.41) is 10.5. The predicted octanol–water partition coefficient (Wildman–Crippen LogP) is 3.56. The Bertz CT molecular complexity index is 831. The molecule has 0 bridgehead atoms. The summed E-state index contributed by atoms with van der Waals surface area (Å²) in [4.78, 5) is 5.63. The number of hydrazone groups is 1. The fraction of sp³-hybridized carbons (Fsp3) is 0.188. The summed E-state index contributed by atoms with van der Waals surface area (Å²) in [6.45, 7) is 2.12. The molecule has 3 aromatic rings. The predicted molar refractivity (Wildman–Crippen MR) is 96.3 cm³/mol. The summed E-state index contributed by atoms with van der Waals surface area (Å²) in [7, 11) is 0. The molecule has 1 atom stereocenters. The maximum atomic E-state index is 5.34. The average Bonchev–Trinajstić information content (AvgIpc) is 3.35. The highest BCUT2D eigenvalue weighted by molar-refractivity contribution is 7.96. The van der Waals surface area contributed by atoms with Crippen molar-refractivity contribution in [2.24, 2.45) is 5.10 Å². The zero-order chi connectivity index (χ0) is 16.4. The van der Waals surface area contributed by atoms with E-state index in [9.17, 15) is 0 Å². The number of thiophene rings is 1. The molecule has 24 heavy (non-hydrogen) atoms. The summed E-state index contributed by atoms with van der Waals surface area (Å²) in [5.41, 5.74) is 5.06. The van der Waals surface area contributed by atoms with Gasteiger partial charge in [-0.1, -0.05) is 41.6 Å². The van der Waals surface area contributed by atoms with Crippen molar-refractivity contribution in [3.63, 3.8) is 0 Å². The Kier molecular flexibility index (Phi) is 4.33. The third kappa shape index (κ3) is 3.08. The Morgan fingerprint density at radius 2 is 2.12 bits per heavy atom. The third-order valence-corrected chi connectivity index (χ3v) is 5.56. The lowest BCUT2D eigenvalue weighted by atomic mass is 10.2. The topological polar surface area (TPSA) is 66.6 Å². The number of nitrogens with one attached hydrogen (secondary N) is 1. The Labute approximate surface area is 147 Å². The molecule has 0 saturated heterocycles. The van der Waals surface area contributed by atoms with Crippen LogP contribution in [0.4, 0.5) is 0 Å². The van der Waals surface area contributed by atoms with Crippen molar-refractivity contribution in [1.29, 1.82) is 0 Å². The minimum absolute atomic E-state index is 0.171. The number of hydrazine groups is 1. The van der Waals surface area contributed by atoms with E-state index < -0.39 is 0 Å². The van der Waals surface area contributed by atoms with Crippen molar-refractivity contribution < 1.29 is 4.52 Å². The first-order chi connectivity index (χ1) is 11.8. The van der Waals surface area contributed by atoms with Crippen molar-refractivity contribution in [2.45, 2.75) is 18.7 Å². The van der Waals surface area contributed by atoms with Gasteiger partial charge in [0.15, 0.2) is 0 Å². The molecule has 4 rings (SSSR count). The summed E-state index contributed by atoms with van der Waals surface area (Å²) >= 11 is 3.26. The summed E-state index contributed by atoms with van der Waals surface area (Å²) < 4.78 is 7.34. The average molecular weight is 357 g/mol. The number of nitrogens with zero attached hydrogens (tertiary/aromatic N) is 4. The second kappa shape index (κ2) is 6.76. The number of benzene rings is 1. The van der Waals surface area contributed by atoms with Crippen molar-refractivity contribution >= 4 is 29.0 Å². The van der Waals surface area contributed by atoms with Crippen LogP contribution >= 0.6 is 23.3 Å². The smallest absolute Gasteiger partial charge is 0.238 e. The molecule has 3 heterocycles. The minimum atomic E-state index is 0.171. The van der Waals surface area contributed by atoms with E-state index in [1.165, 1.54) is 4.88 Å². The molecule has 0 aliphatic carbocycles. The molecule has 0 saturated carbocycles. The first kappa shape index (κ1) is 15.4. The van der Waals surface area contributed by atoms with Gasteiger partial charge in [-0.2, -0.15) is 10.1 Å². The van der Waals surface area contributed by atoms with Crippen molar-refractivity contribution in [3.05, 3.63) is 58.6 Å². The van der Waals surface area contributed by atoms with Crippen LogP contribution in [0.3, 0.4) is 0 Å². The monoisotopic (exact) mass is 357 g/mol. The van der Waals surface area contributed by atoms with Gasteiger partial charge in [-0.25, -0.2) is 5.53 Å². The molecule has 122 valence electrons. The lowest BCUT2D eigenvalue weighted by Gasteiger charge is -2.18. The lowest BCUT2D eigenvalue weighted by Crippen LogP contribution is -2.32. The zero-order valence-corrected chi connectivity index (χ0v) is 14.5. The van der Waals surface area contributed by atoms with Gasteiger partial charge in [0.1, 0.15) is 0 Å². The maximum Gasteiger partial charge on any atom is 0.238 e. The van der Waals surface area contributed by atoms with Gasteiger partial charge in [-0.3, -0.25) is 0 Å². The standard InChI is InChI=1S/C16H15N5OS2/c1-11-15(13-8-5-9-23-13)18-20-21(11)24-10-14-17-16(19-22-14)12-6-3-2-4-7-12/h2-9,11,20H,10H2,1H3. The van der Waals surface area contributed by atoms with E-state index in [0.717, 1.165) is 11.3 Å². The fourth-order valence-corrected chi connectivity index (χ4v) is 3.95. The van der Waals surface area contributed by atoms with E-state index in [1.54, 1.807) is 23.3 Å². The molecule has 1 N–H and O–H groups in total. The molecule has 1 aliphatic heterocycles.